The SMILES string of the molecule is CC(c1ccc(F)c(F)c1F)N1CCN(C(=O)c2ccc(NS(=O)O)cc2)CC1. The van der Waals surface area contributed by atoms with Crippen molar-refractivity contribution in [1.82, 2.24) is 9.80 Å². The Balaban J connectivity index is 1.62. The summed E-state index contributed by atoms with van der Waals surface area (Å²) in [6.07, 6.45) is 0. The van der Waals surface area contributed by atoms with Crippen molar-refractivity contribution >= 4 is 22.9 Å². The van der Waals surface area contributed by atoms with Crippen molar-refractivity contribution in [2.45, 2.75) is 13.0 Å². The average molecular weight is 427 g/mol. The molecule has 1 aliphatic heterocycles. The Hall–Kier alpha value is -2.43. The summed E-state index contributed by atoms with van der Waals surface area (Å²) in [4.78, 5) is 16.2. The number of benzene rings is 2. The summed E-state index contributed by atoms with van der Waals surface area (Å²) in [5.41, 5.74) is 0.926. The van der Waals surface area contributed by atoms with Crippen LogP contribution in [0.3, 0.4) is 0 Å². The fraction of sp³-hybridized carbons (Fsp3) is 0.316. The standard InChI is InChI=1S/C19H20F3N3O3S/c1-12(15-6-7-16(20)18(22)17(15)21)24-8-10-25(11-9-24)19(26)13-2-4-14(5-3-13)23-29(27)28/h2-7,12,23H,8-11H2,1H3,(H,27,28). The van der Waals surface area contributed by atoms with Crippen molar-refractivity contribution in [3.05, 3.63) is 65.0 Å². The van der Waals surface area contributed by atoms with Gasteiger partial charge in [0.1, 0.15) is 0 Å². The maximum atomic E-state index is 14.1. The molecular formula is C19H20F3N3O3S. The van der Waals surface area contributed by atoms with Crippen LogP contribution in [-0.2, 0) is 11.3 Å². The van der Waals surface area contributed by atoms with Crippen molar-refractivity contribution in [1.29, 1.82) is 0 Å². The van der Waals surface area contributed by atoms with Gasteiger partial charge in [-0.05, 0) is 37.3 Å². The highest BCUT2D eigenvalue weighted by Crippen LogP contribution is 2.27. The number of anilines is 1. The summed E-state index contributed by atoms with van der Waals surface area (Å²) in [5.74, 6) is -4.08. The molecule has 10 heteroatoms. The molecule has 2 atom stereocenters. The first-order chi connectivity index (χ1) is 13.8. The Morgan fingerprint density at radius 1 is 1.03 bits per heavy atom. The minimum atomic E-state index is -2.19. The molecule has 1 heterocycles. The molecule has 0 aromatic heterocycles. The van der Waals surface area contributed by atoms with Crippen LogP contribution in [0.4, 0.5) is 18.9 Å². The van der Waals surface area contributed by atoms with E-state index in [2.05, 4.69) is 4.72 Å². The minimum Gasteiger partial charge on any atom is -0.336 e. The van der Waals surface area contributed by atoms with Gasteiger partial charge in [0.2, 0.25) is 0 Å². The van der Waals surface area contributed by atoms with Crippen LogP contribution in [0.25, 0.3) is 0 Å². The Morgan fingerprint density at radius 2 is 1.66 bits per heavy atom. The van der Waals surface area contributed by atoms with Crippen molar-refractivity contribution in [2.24, 2.45) is 0 Å². The lowest BCUT2D eigenvalue weighted by Gasteiger charge is -2.38. The molecule has 1 saturated heterocycles. The van der Waals surface area contributed by atoms with Gasteiger partial charge in [-0.1, -0.05) is 6.07 Å². The number of piperazine rings is 1. The van der Waals surface area contributed by atoms with Gasteiger partial charge in [-0.25, -0.2) is 17.4 Å². The monoisotopic (exact) mass is 427 g/mol. The van der Waals surface area contributed by atoms with E-state index in [0.717, 1.165) is 6.07 Å². The molecule has 1 aliphatic rings. The molecule has 0 spiro atoms. The molecule has 2 N–H and O–H groups in total. The quantitative estimate of drug-likeness (QED) is 0.568. The van der Waals surface area contributed by atoms with E-state index < -0.39 is 34.8 Å². The molecule has 1 amide bonds. The van der Waals surface area contributed by atoms with Crippen LogP contribution < -0.4 is 4.72 Å². The lowest BCUT2D eigenvalue weighted by molar-refractivity contribution is 0.0578. The molecule has 29 heavy (non-hydrogen) atoms. The van der Waals surface area contributed by atoms with Crippen molar-refractivity contribution in [2.75, 3.05) is 30.9 Å². The van der Waals surface area contributed by atoms with Crippen LogP contribution in [0.1, 0.15) is 28.9 Å². The number of hydrogen-bond donors (Lipinski definition) is 2. The van der Waals surface area contributed by atoms with E-state index >= 15 is 0 Å². The highest BCUT2D eigenvalue weighted by Gasteiger charge is 2.28. The largest absolute Gasteiger partial charge is 0.336 e. The third-order valence-corrected chi connectivity index (χ3v) is 5.41. The molecule has 2 unspecified atom stereocenters. The number of halogens is 3. The van der Waals surface area contributed by atoms with E-state index in [1.165, 1.54) is 18.2 Å². The minimum absolute atomic E-state index is 0.0769. The van der Waals surface area contributed by atoms with Crippen LogP contribution >= 0.6 is 0 Å². The average Bonchev–Trinajstić information content (AvgIpc) is 2.71. The molecule has 3 rings (SSSR count). The molecule has 0 radical (unpaired) electrons. The normalized spacial score (nSPS) is 17.1. The van der Waals surface area contributed by atoms with Crippen LogP contribution in [0.5, 0.6) is 0 Å². The van der Waals surface area contributed by atoms with Gasteiger partial charge < -0.3 is 4.90 Å². The van der Waals surface area contributed by atoms with Gasteiger partial charge in [0.05, 0.1) is 0 Å². The predicted octanol–water partition coefficient (Wildman–Crippen LogP) is 3.17. The number of rotatable bonds is 5. The Labute approximate surface area is 168 Å². The third kappa shape index (κ3) is 4.77. The number of nitrogens with one attached hydrogen (secondary N) is 1. The lowest BCUT2D eigenvalue weighted by atomic mass is 10.0. The van der Waals surface area contributed by atoms with Crippen LogP contribution in [-0.4, -0.2) is 50.6 Å². The Bertz CT molecular complexity index is 919. The predicted molar refractivity (Wildman–Crippen MR) is 103 cm³/mol. The Morgan fingerprint density at radius 3 is 2.24 bits per heavy atom. The van der Waals surface area contributed by atoms with E-state index in [9.17, 15) is 22.2 Å². The number of carbonyl (C=O) groups is 1. The molecule has 156 valence electrons. The number of hydrogen-bond acceptors (Lipinski definition) is 3. The lowest BCUT2D eigenvalue weighted by Crippen LogP contribution is -2.49. The molecule has 0 saturated carbocycles. The van der Waals surface area contributed by atoms with E-state index in [0.29, 0.717) is 37.4 Å². The maximum absolute atomic E-state index is 14.1. The van der Waals surface area contributed by atoms with E-state index in [1.807, 2.05) is 4.90 Å². The topological polar surface area (TPSA) is 72.9 Å². The summed E-state index contributed by atoms with van der Waals surface area (Å²) in [7, 11) is 0. The van der Waals surface area contributed by atoms with Crippen molar-refractivity contribution < 1.29 is 26.7 Å². The van der Waals surface area contributed by atoms with Crippen LogP contribution in [0.15, 0.2) is 36.4 Å². The van der Waals surface area contributed by atoms with Crippen molar-refractivity contribution in [3.63, 3.8) is 0 Å². The van der Waals surface area contributed by atoms with Crippen LogP contribution in [0, 0.1) is 17.5 Å². The first-order valence-electron chi connectivity index (χ1n) is 8.92. The molecule has 6 nitrogen and oxygen atoms in total. The van der Waals surface area contributed by atoms with Crippen molar-refractivity contribution in [3.8, 4) is 0 Å². The van der Waals surface area contributed by atoms with Gasteiger partial charge in [-0.3, -0.25) is 19.0 Å². The van der Waals surface area contributed by atoms with E-state index in [1.54, 1.807) is 24.0 Å². The molecule has 0 aliphatic carbocycles. The molecule has 0 bridgehead atoms. The first-order valence-corrected chi connectivity index (χ1v) is 10.0. The van der Waals surface area contributed by atoms with Gasteiger partial charge in [0, 0.05) is 49.0 Å². The zero-order valence-electron chi connectivity index (χ0n) is 15.6. The number of amides is 1. The highest BCUT2D eigenvalue weighted by atomic mass is 32.2. The maximum Gasteiger partial charge on any atom is 0.259 e. The number of carbonyl (C=O) groups excluding carboxylic acids is 1. The zero-order valence-corrected chi connectivity index (χ0v) is 16.4. The molecular weight excluding hydrogens is 407 g/mol. The summed E-state index contributed by atoms with van der Waals surface area (Å²) in [5, 5.41) is 0. The van der Waals surface area contributed by atoms with Gasteiger partial charge in [0.15, 0.2) is 17.5 Å². The van der Waals surface area contributed by atoms with E-state index in [-0.39, 0.29) is 11.5 Å². The fourth-order valence-electron chi connectivity index (χ4n) is 3.34. The van der Waals surface area contributed by atoms with Gasteiger partial charge in [-0.2, -0.15) is 0 Å². The molecule has 2 aromatic rings. The smallest absolute Gasteiger partial charge is 0.259 e. The van der Waals surface area contributed by atoms with E-state index in [4.69, 9.17) is 4.55 Å². The Kier molecular flexibility index (Phi) is 6.56. The van der Waals surface area contributed by atoms with Crippen LogP contribution in [0.2, 0.25) is 0 Å². The second kappa shape index (κ2) is 8.93. The van der Waals surface area contributed by atoms with Gasteiger partial charge in [-0.15, -0.1) is 0 Å². The van der Waals surface area contributed by atoms with Gasteiger partial charge >= 0.3 is 0 Å². The summed E-state index contributed by atoms with van der Waals surface area (Å²) < 4.78 is 62.6. The second-order valence-corrected chi connectivity index (χ2v) is 7.40. The molecule has 1 fully saturated rings. The summed E-state index contributed by atoms with van der Waals surface area (Å²) in [6, 6.07) is 7.87. The van der Waals surface area contributed by atoms with Gasteiger partial charge in [0.25, 0.3) is 17.2 Å². The fourth-order valence-corrected chi connectivity index (χ4v) is 3.67. The number of nitrogens with zero attached hydrogens (tertiary/aromatic N) is 2. The zero-order chi connectivity index (χ0) is 21.1. The summed E-state index contributed by atoms with van der Waals surface area (Å²) in [6.45, 7) is 3.41. The first kappa shape index (κ1) is 21.3. The summed E-state index contributed by atoms with van der Waals surface area (Å²) >= 11 is -2.19. The molecule has 2 aromatic carbocycles. The highest BCUT2D eigenvalue weighted by molar-refractivity contribution is 7.80. The second-order valence-electron chi connectivity index (χ2n) is 6.70. The third-order valence-electron chi connectivity index (χ3n) is 5.00.